The van der Waals surface area contributed by atoms with Crippen LogP contribution in [0.4, 0.5) is 11.4 Å². The minimum Gasteiger partial charge on any atom is -0.484 e. The monoisotopic (exact) mass is 373 g/mol. The Kier molecular flexibility index (Phi) is 6.01. The molecule has 1 N–H and O–H groups in total. The molecule has 1 amide bonds. The summed E-state index contributed by atoms with van der Waals surface area (Å²) in [5.41, 5.74) is 2.83. The van der Waals surface area contributed by atoms with E-state index in [1.807, 2.05) is 43.3 Å². The van der Waals surface area contributed by atoms with Gasteiger partial charge < -0.3 is 19.9 Å². The molecule has 1 heterocycles. The van der Waals surface area contributed by atoms with Crippen LogP contribution in [-0.4, -0.2) is 50.6 Å². The molecule has 0 atom stereocenters. The molecule has 1 aliphatic heterocycles. The van der Waals surface area contributed by atoms with E-state index in [2.05, 4.69) is 22.2 Å². The predicted octanol–water partition coefficient (Wildman–Crippen LogP) is 3.42. The number of nitrogens with one attached hydrogen (secondary N) is 1. The molecule has 2 aromatic carbocycles. The summed E-state index contributed by atoms with van der Waals surface area (Å²) >= 11 is 6.43. The van der Waals surface area contributed by atoms with Gasteiger partial charge in [-0.3, -0.25) is 4.79 Å². The molecule has 2 aromatic rings. The summed E-state index contributed by atoms with van der Waals surface area (Å²) in [6.07, 6.45) is 0. The highest BCUT2D eigenvalue weighted by atomic mass is 35.5. The zero-order valence-electron chi connectivity index (χ0n) is 15.2. The second-order valence-electron chi connectivity index (χ2n) is 6.61. The normalized spacial score (nSPS) is 15.0. The SMILES string of the molecule is Cc1ccc(OCC(=O)Nc2ccc(N3CCN(C)CC3)c(Cl)c2)cc1. The van der Waals surface area contributed by atoms with Gasteiger partial charge >= 0.3 is 0 Å². The van der Waals surface area contributed by atoms with Gasteiger partial charge in [-0.25, -0.2) is 0 Å². The van der Waals surface area contributed by atoms with Crippen LogP contribution in [0.25, 0.3) is 0 Å². The van der Waals surface area contributed by atoms with E-state index >= 15 is 0 Å². The molecular weight excluding hydrogens is 350 g/mol. The number of nitrogens with zero attached hydrogens (tertiary/aromatic N) is 2. The van der Waals surface area contributed by atoms with Gasteiger partial charge in [0.25, 0.3) is 5.91 Å². The lowest BCUT2D eigenvalue weighted by molar-refractivity contribution is -0.118. The molecule has 3 rings (SSSR count). The summed E-state index contributed by atoms with van der Waals surface area (Å²) in [6, 6.07) is 13.2. The maximum Gasteiger partial charge on any atom is 0.262 e. The number of carbonyl (C=O) groups excluding carboxylic acids is 1. The van der Waals surface area contributed by atoms with Crippen LogP contribution in [0.3, 0.4) is 0 Å². The second-order valence-corrected chi connectivity index (χ2v) is 7.01. The Labute approximate surface area is 159 Å². The predicted molar refractivity (Wildman–Crippen MR) is 106 cm³/mol. The van der Waals surface area contributed by atoms with Crippen LogP contribution >= 0.6 is 11.6 Å². The molecule has 138 valence electrons. The first-order valence-corrected chi connectivity index (χ1v) is 9.11. The summed E-state index contributed by atoms with van der Waals surface area (Å²) < 4.78 is 5.50. The first-order chi connectivity index (χ1) is 12.5. The van der Waals surface area contributed by atoms with Gasteiger partial charge in [-0.05, 0) is 44.3 Å². The fraction of sp³-hybridized carbons (Fsp3) is 0.350. The molecule has 0 unspecified atom stereocenters. The van der Waals surface area contributed by atoms with E-state index in [-0.39, 0.29) is 12.5 Å². The van der Waals surface area contributed by atoms with Crippen molar-refractivity contribution in [2.75, 3.05) is 50.1 Å². The summed E-state index contributed by atoms with van der Waals surface area (Å²) in [5, 5.41) is 3.47. The Hall–Kier alpha value is -2.24. The lowest BCUT2D eigenvalue weighted by Crippen LogP contribution is -2.44. The smallest absolute Gasteiger partial charge is 0.262 e. The van der Waals surface area contributed by atoms with Gasteiger partial charge in [0.05, 0.1) is 10.7 Å². The van der Waals surface area contributed by atoms with Crippen molar-refractivity contribution in [3.63, 3.8) is 0 Å². The standard InChI is InChI=1S/C20H24ClN3O2/c1-15-3-6-17(7-4-15)26-14-20(25)22-16-5-8-19(18(21)13-16)24-11-9-23(2)10-12-24/h3-8,13H,9-12,14H2,1-2H3,(H,22,25). The van der Waals surface area contributed by atoms with Crippen LogP contribution < -0.4 is 15.0 Å². The fourth-order valence-corrected chi connectivity index (χ4v) is 3.17. The van der Waals surface area contributed by atoms with Crippen molar-refractivity contribution in [3.05, 3.63) is 53.1 Å². The third kappa shape index (κ3) is 4.90. The second kappa shape index (κ2) is 8.43. The Morgan fingerprint density at radius 3 is 2.46 bits per heavy atom. The summed E-state index contributed by atoms with van der Waals surface area (Å²) in [4.78, 5) is 16.7. The number of carbonyl (C=O) groups is 1. The number of piperazine rings is 1. The van der Waals surface area contributed by atoms with Crippen LogP contribution in [0.2, 0.25) is 5.02 Å². The van der Waals surface area contributed by atoms with Crippen molar-refractivity contribution < 1.29 is 9.53 Å². The van der Waals surface area contributed by atoms with Crippen molar-refractivity contribution >= 4 is 28.9 Å². The Bertz CT molecular complexity index is 756. The van der Waals surface area contributed by atoms with E-state index in [0.717, 1.165) is 37.4 Å². The molecule has 0 spiro atoms. The van der Waals surface area contributed by atoms with E-state index in [1.54, 1.807) is 6.07 Å². The molecule has 0 aromatic heterocycles. The number of hydrogen-bond donors (Lipinski definition) is 1. The molecule has 1 aliphatic rings. The summed E-state index contributed by atoms with van der Waals surface area (Å²) in [7, 11) is 2.12. The zero-order chi connectivity index (χ0) is 18.5. The van der Waals surface area contributed by atoms with Crippen LogP contribution in [0.1, 0.15) is 5.56 Å². The van der Waals surface area contributed by atoms with Crippen molar-refractivity contribution in [2.24, 2.45) is 0 Å². The van der Waals surface area contributed by atoms with Gasteiger partial charge in [-0.15, -0.1) is 0 Å². The highest BCUT2D eigenvalue weighted by molar-refractivity contribution is 6.33. The average molecular weight is 374 g/mol. The Balaban J connectivity index is 1.55. The van der Waals surface area contributed by atoms with Crippen molar-refractivity contribution in [1.29, 1.82) is 0 Å². The molecule has 5 nitrogen and oxygen atoms in total. The molecule has 0 aliphatic carbocycles. The first kappa shape index (κ1) is 18.5. The number of rotatable bonds is 5. The van der Waals surface area contributed by atoms with Crippen molar-refractivity contribution in [1.82, 2.24) is 4.90 Å². The van der Waals surface area contributed by atoms with Crippen LogP contribution in [0.5, 0.6) is 5.75 Å². The van der Waals surface area contributed by atoms with Crippen LogP contribution in [0.15, 0.2) is 42.5 Å². The molecular formula is C20H24ClN3O2. The highest BCUT2D eigenvalue weighted by Gasteiger charge is 2.17. The maximum absolute atomic E-state index is 12.1. The largest absolute Gasteiger partial charge is 0.484 e. The van der Waals surface area contributed by atoms with Crippen molar-refractivity contribution in [2.45, 2.75) is 6.92 Å². The minimum atomic E-state index is -0.214. The number of aryl methyl sites for hydroxylation is 1. The summed E-state index contributed by atoms with van der Waals surface area (Å²) in [6.45, 7) is 5.90. The van der Waals surface area contributed by atoms with Crippen LogP contribution in [0, 0.1) is 6.92 Å². The molecule has 1 fully saturated rings. The lowest BCUT2D eigenvalue weighted by atomic mass is 10.2. The zero-order valence-corrected chi connectivity index (χ0v) is 15.9. The minimum absolute atomic E-state index is 0.0408. The van der Waals surface area contributed by atoms with Gasteiger partial charge in [0.1, 0.15) is 5.75 Å². The first-order valence-electron chi connectivity index (χ1n) is 8.73. The number of ether oxygens (including phenoxy) is 1. The van der Waals surface area contributed by atoms with Gasteiger partial charge in [-0.2, -0.15) is 0 Å². The average Bonchev–Trinajstić information content (AvgIpc) is 2.62. The molecule has 0 radical (unpaired) electrons. The molecule has 1 saturated heterocycles. The van der Waals surface area contributed by atoms with Gasteiger partial charge in [0.15, 0.2) is 6.61 Å². The Morgan fingerprint density at radius 1 is 1.12 bits per heavy atom. The molecule has 0 bridgehead atoms. The molecule has 26 heavy (non-hydrogen) atoms. The summed E-state index contributed by atoms with van der Waals surface area (Å²) in [5.74, 6) is 0.461. The molecule has 0 saturated carbocycles. The number of halogens is 1. The topological polar surface area (TPSA) is 44.8 Å². The van der Waals surface area contributed by atoms with Gasteiger partial charge in [-0.1, -0.05) is 29.3 Å². The fourth-order valence-electron chi connectivity index (χ4n) is 2.87. The van der Waals surface area contributed by atoms with Crippen molar-refractivity contribution in [3.8, 4) is 5.75 Å². The highest BCUT2D eigenvalue weighted by Crippen LogP contribution is 2.29. The lowest BCUT2D eigenvalue weighted by Gasteiger charge is -2.34. The third-order valence-corrected chi connectivity index (χ3v) is 4.77. The maximum atomic E-state index is 12.1. The number of hydrogen-bond acceptors (Lipinski definition) is 4. The van der Waals surface area contributed by atoms with E-state index in [4.69, 9.17) is 16.3 Å². The Morgan fingerprint density at radius 2 is 1.81 bits per heavy atom. The number of anilines is 2. The van der Waals surface area contributed by atoms with Gasteiger partial charge in [0.2, 0.25) is 0 Å². The number of likely N-dealkylation sites (N-methyl/N-ethyl adjacent to an activating group) is 1. The van der Waals surface area contributed by atoms with E-state index in [9.17, 15) is 4.79 Å². The van der Waals surface area contributed by atoms with Gasteiger partial charge in [0, 0.05) is 31.9 Å². The van der Waals surface area contributed by atoms with E-state index in [0.29, 0.717) is 16.5 Å². The van der Waals surface area contributed by atoms with E-state index < -0.39 is 0 Å². The third-order valence-electron chi connectivity index (χ3n) is 4.47. The number of amides is 1. The number of benzene rings is 2. The molecule has 6 heteroatoms. The van der Waals surface area contributed by atoms with Crippen LogP contribution in [-0.2, 0) is 4.79 Å². The van der Waals surface area contributed by atoms with E-state index in [1.165, 1.54) is 0 Å². The quantitative estimate of drug-likeness (QED) is 0.872.